The van der Waals surface area contributed by atoms with E-state index in [1.165, 1.54) is 32.1 Å². The standard InChI is InChI=1S/C20H36O3/c1-2-3-4-5-7-10-13-16-19(21)17-14-11-8-6-9-12-15-18-20(22)23/h7,10,13,16,19,21H,2-6,8-9,11-12,14-15,17-18H2,1H3,(H,22,23)/b10-7+,16-13-/t19-/m0/s1. The first kappa shape index (κ1) is 21.9. The molecule has 134 valence electrons. The summed E-state index contributed by atoms with van der Waals surface area (Å²) in [4.78, 5) is 10.4. The van der Waals surface area contributed by atoms with E-state index >= 15 is 0 Å². The fraction of sp³-hybridized carbons (Fsp3) is 0.750. The molecule has 0 saturated heterocycles. The van der Waals surface area contributed by atoms with Crippen LogP contribution >= 0.6 is 0 Å². The van der Waals surface area contributed by atoms with Crippen molar-refractivity contribution in [3.8, 4) is 0 Å². The molecule has 0 heterocycles. The van der Waals surface area contributed by atoms with Crippen molar-refractivity contribution < 1.29 is 15.0 Å². The highest BCUT2D eigenvalue weighted by Gasteiger charge is 1.99. The molecule has 0 aromatic carbocycles. The molecule has 0 aromatic rings. The number of aliphatic carboxylic acids is 1. The topological polar surface area (TPSA) is 57.5 Å². The van der Waals surface area contributed by atoms with Crippen LogP contribution in [0.3, 0.4) is 0 Å². The van der Waals surface area contributed by atoms with E-state index in [1.807, 2.05) is 18.2 Å². The number of aliphatic hydroxyl groups is 1. The SMILES string of the molecule is CCCCC/C=C/C=C\[C@H](O)CCCCCCCCCC(=O)O. The molecule has 2 N–H and O–H groups in total. The van der Waals surface area contributed by atoms with Crippen LogP contribution < -0.4 is 0 Å². The normalized spacial score (nSPS) is 13.1. The molecule has 1 atom stereocenters. The summed E-state index contributed by atoms with van der Waals surface area (Å²) in [5.74, 6) is -0.692. The number of unbranched alkanes of at least 4 members (excludes halogenated alkanes) is 9. The third-order valence-electron chi connectivity index (χ3n) is 3.95. The molecular formula is C20H36O3. The van der Waals surface area contributed by atoms with E-state index in [0.29, 0.717) is 6.42 Å². The van der Waals surface area contributed by atoms with Crippen LogP contribution in [-0.2, 0) is 4.79 Å². The Hall–Kier alpha value is -1.09. The van der Waals surface area contributed by atoms with Gasteiger partial charge in [0.2, 0.25) is 0 Å². The van der Waals surface area contributed by atoms with Crippen molar-refractivity contribution in [2.24, 2.45) is 0 Å². The minimum absolute atomic E-state index is 0.297. The van der Waals surface area contributed by atoms with Gasteiger partial charge >= 0.3 is 5.97 Å². The number of allylic oxidation sites excluding steroid dienone is 3. The van der Waals surface area contributed by atoms with E-state index in [0.717, 1.165) is 44.9 Å². The zero-order valence-corrected chi connectivity index (χ0v) is 14.9. The summed E-state index contributed by atoms with van der Waals surface area (Å²) in [5.41, 5.74) is 0. The Kier molecular flexibility index (Phi) is 16.4. The largest absolute Gasteiger partial charge is 0.481 e. The molecule has 0 aliphatic carbocycles. The van der Waals surface area contributed by atoms with Gasteiger partial charge in [0, 0.05) is 6.42 Å². The first-order chi connectivity index (χ1) is 11.2. The Labute approximate surface area is 142 Å². The number of aliphatic hydroxyl groups excluding tert-OH is 1. The molecule has 3 nitrogen and oxygen atoms in total. The number of carboxylic acids is 1. The van der Waals surface area contributed by atoms with Crippen molar-refractivity contribution in [1.29, 1.82) is 0 Å². The lowest BCUT2D eigenvalue weighted by atomic mass is 10.1. The van der Waals surface area contributed by atoms with Gasteiger partial charge in [0.1, 0.15) is 0 Å². The van der Waals surface area contributed by atoms with Gasteiger partial charge in [-0.05, 0) is 25.7 Å². The van der Waals surface area contributed by atoms with Crippen molar-refractivity contribution in [2.75, 3.05) is 0 Å². The number of hydrogen-bond acceptors (Lipinski definition) is 2. The summed E-state index contributed by atoms with van der Waals surface area (Å²) < 4.78 is 0. The number of hydrogen-bond donors (Lipinski definition) is 2. The van der Waals surface area contributed by atoms with Crippen molar-refractivity contribution in [3.63, 3.8) is 0 Å². The third kappa shape index (κ3) is 18.9. The minimum atomic E-state index is -0.692. The molecule has 0 bridgehead atoms. The van der Waals surface area contributed by atoms with Crippen molar-refractivity contribution >= 4 is 5.97 Å². The Morgan fingerprint density at radius 3 is 2.22 bits per heavy atom. The van der Waals surface area contributed by atoms with E-state index in [1.54, 1.807) is 0 Å². The maximum Gasteiger partial charge on any atom is 0.303 e. The maximum absolute atomic E-state index is 10.4. The van der Waals surface area contributed by atoms with E-state index in [9.17, 15) is 9.90 Å². The molecule has 0 unspecified atom stereocenters. The van der Waals surface area contributed by atoms with Crippen LogP contribution in [0.2, 0.25) is 0 Å². The van der Waals surface area contributed by atoms with Gasteiger partial charge in [-0.1, -0.05) is 82.6 Å². The van der Waals surface area contributed by atoms with Crippen molar-refractivity contribution in [3.05, 3.63) is 24.3 Å². The molecule has 0 spiro atoms. The molecule has 0 saturated carbocycles. The van der Waals surface area contributed by atoms with E-state index < -0.39 is 5.97 Å². The average Bonchev–Trinajstić information content (AvgIpc) is 2.52. The second-order valence-corrected chi connectivity index (χ2v) is 6.28. The summed E-state index contributed by atoms with van der Waals surface area (Å²) >= 11 is 0. The smallest absolute Gasteiger partial charge is 0.303 e. The van der Waals surface area contributed by atoms with Crippen LogP contribution in [0.1, 0.15) is 90.4 Å². The van der Waals surface area contributed by atoms with Gasteiger partial charge in [0.05, 0.1) is 6.10 Å². The maximum atomic E-state index is 10.4. The number of carboxylic acid groups (broad SMARTS) is 1. The highest BCUT2D eigenvalue weighted by molar-refractivity contribution is 5.66. The second-order valence-electron chi connectivity index (χ2n) is 6.28. The molecule has 0 aromatic heterocycles. The Bertz CT molecular complexity index is 321. The monoisotopic (exact) mass is 324 g/mol. The quantitative estimate of drug-likeness (QED) is 0.285. The molecular weight excluding hydrogens is 288 g/mol. The minimum Gasteiger partial charge on any atom is -0.481 e. The summed E-state index contributed by atoms with van der Waals surface area (Å²) in [7, 11) is 0. The molecule has 0 aliphatic rings. The van der Waals surface area contributed by atoms with E-state index in [4.69, 9.17) is 5.11 Å². The molecule has 0 amide bonds. The van der Waals surface area contributed by atoms with Crippen molar-refractivity contribution in [2.45, 2.75) is 96.5 Å². The van der Waals surface area contributed by atoms with Crippen molar-refractivity contribution in [1.82, 2.24) is 0 Å². The molecule has 0 radical (unpaired) electrons. The molecule has 23 heavy (non-hydrogen) atoms. The predicted octanol–water partition coefficient (Wildman–Crippen LogP) is 5.64. The summed E-state index contributed by atoms with van der Waals surface area (Å²) in [6.45, 7) is 2.21. The van der Waals surface area contributed by atoms with Crippen LogP contribution in [-0.4, -0.2) is 22.3 Å². The predicted molar refractivity (Wildman–Crippen MR) is 97.6 cm³/mol. The van der Waals surface area contributed by atoms with Crippen LogP contribution in [0.15, 0.2) is 24.3 Å². The summed E-state index contributed by atoms with van der Waals surface area (Å²) in [5, 5.41) is 18.4. The molecule has 0 rings (SSSR count). The third-order valence-corrected chi connectivity index (χ3v) is 3.95. The van der Waals surface area contributed by atoms with E-state index in [2.05, 4.69) is 13.0 Å². The first-order valence-corrected chi connectivity index (χ1v) is 9.40. The van der Waals surface area contributed by atoms with Crippen LogP contribution in [0.5, 0.6) is 0 Å². The number of rotatable bonds is 16. The Balaban J connectivity index is 3.35. The molecule has 0 fully saturated rings. The average molecular weight is 325 g/mol. The van der Waals surface area contributed by atoms with Crippen LogP contribution in [0.25, 0.3) is 0 Å². The lowest BCUT2D eigenvalue weighted by Crippen LogP contribution is -2.01. The van der Waals surface area contributed by atoms with Crippen LogP contribution in [0, 0.1) is 0 Å². The van der Waals surface area contributed by atoms with Gasteiger partial charge in [0.25, 0.3) is 0 Å². The molecule has 0 aliphatic heterocycles. The zero-order valence-electron chi connectivity index (χ0n) is 14.9. The van der Waals surface area contributed by atoms with Gasteiger partial charge in [-0.2, -0.15) is 0 Å². The Morgan fingerprint density at radius 2 is 1.57 bits per heavy atom. The highest BCUT2D eigenvalue weighted by Crippen LogP contribution is 2.11. The number of carbonyl (C=O) groups is 1. The molecule has 3 heteroatoms. The van der Waals surface area contributed by atoms with Gasteiger partial charge in [-0.3, -0.25) is 4.79 Å². The zero-order chi connectivity index (χ0) is 17.2. The highest BCUT2D eigenvalue weighted by atomic mass is 16.4. The van der Waals surface area contributed by atoms with Gasteiger partial charge in [-0.15, -0.1) is 0 Å². The second kappa shape index (κ2) is 17.3. The van der Waals surface area contributed by atoms with Gasteiger partial charge < -0.3 is 10.2 Å². The Morgan fingerprint density at radius 1 is 0.913 bits per heavy atom. The summed E-state index contributed by atoms with van der Waals surface area (Å²) in [6, 6.07) is 0. The van der Waals surface area contributed by atoms with Crippen LogP contribution in [0.4, 0.5) is 0 Å². The fourth-order valence-electron chi connectivity index (χ4n) is 2.49. The first-order valence-electron chi connectivity index (χ1n) is 9.40. The van der Waals surface area contributed by atoms with E-state index in [-0.39, 0.29) is 6.10 Å². The van der Waals surface area contributed by atoms with Gasteiger partial charge in [0.15, 0.2) is 0 Å². The lowest BCUT2D eigenvalue weighted by molar-refractivity contribution is -0.137. The van der Waals surface area contributed by atoms with Gasteiger partial charge in [-0.25, -0.2) is 0 Å². The fourth-order valence-corrected chi connectivity index (χ4v) is 2.49. The lowest BCUT2D eigenvalue weighted by Gasteiger charge is -2.05. The summed E-state index contributed by atoms with van der Waals surface area (Å²) in [6.07, 6.45) is 21.3.